The third-order valence-corrected chi connectivity index (χ3v) is 5.61. The zero-order valence-electron chi connectivity index (χ0n) is 27.9. The summed E-state index contributed by atoms with van der Waals surface area (Å²) in [6.07, 6.45) is 4.44. The molecule has 1 saturated heterocycles. The Bertz CT molecular complexity index is 1750. The largest absolute Gasteiger partial charge is 0.321 e. The standard InChI is InChI=1S/C28H26N8/c1-5-13-29-21(9-1)20-19-34-35-27(25(20)22-10-2-6-14-30-22)28-26(23-11-3-7-15-31-23)33-17-18-36(28)24-12-4-8-16-32-24/h1-18,20,25,27-28,34-35H,19H2/i17D,18D,19D2,20D,25D,27D/hD2. The molecule has 0 bridgehead atoms. The van der Waals surface area contributed by atoms with Crippen LogP contribution in [-0.2, 0) is 0 Å². The summed E-state index contributed by atoms with van der Waals surface area (Å²) < 4.78 is 84.4. The first-order chi connectivity index (χ1) is 21.4. The molecule has 4 unspecified atom stereocenters. The monoisotopic (exact) mass is 483 g/mol. The second-order valence-corrected chi connectivity index (χ2v) is 7.77. The highest BCUT2D eigenvalue weighted by Crippen LogP contribution is 2.39. The van der Waals surface area contributed by atoms with E-state index in [-0.39, 0.29) is 39.4 Å². The molecule has 2 aliphatic rings. The summed E-state index contributed by atoms with van der Waals surface area (Å²) in [6, 6.07) is 13.6. The van der Waals surface area contributed by atoms with E-state index in [9.17, 15) is 5.52 Å². The number of pyridine rings is 4. The molecule has 0 spiro atoms. The minimum absolute atomic E-state index is 0.0353. The molecule has 8 heteroatoms. The molecule has 0 saturated carbocycles. The van der Waals surface area contributed by atoms with Crippen molar-refractivity contribution in [3.05, 3.63) is 127 Å². The van der Waals surface area contributed by atoms with Gasteiger partial charge in [0.2, 0.25) is 0 Å². The highest BCUT2D eigenvalue weighted by atomic mass is 15.4. The molecular weight excluding hydrogens is 448 g/mol. The predicted molar refractivity (Wildman–Crippen MR) is 139 cm³/mol. The average molecular weight is 484 g/mol. The van der Waals surface area contributed by atoms with Crippen molar-refractivity contribution in [1.82, 2.24) is 30.8 Å². The van der Waals surface area contributed by atoms with Gasteiger partial charge in [-0.3, -0.25) is 30.8 Å². The van der Waals surface area contributed by atoms with Crippen LogP contribution in [0.15, 0.2) is 115 Å². The van der Waals surface area contributed by atoms with Gasteiger partial charge in [0.1, 0.15) is 8.64 Å². The third kappa shape index (κ3) is 4.28. The van der Waals surface area contributed by atoms with Crippen LogP contribution in [0.4, 0.5) is 5.82 Å². The maximum atomic E-state index is 10.3. The van der Waals surface area contributed by atoms with E-state index in [2.05, 4.69) is 24.9 Å². The number of aliphatic imine (C=N–C) groups is 1. The molecule has 0 aliphatic carbocycles. The minimum Gasteiger partial charge on any atom is -0.321 e. The number of hydrazine groups is 1. The van der Waals surface area contributed by atoms with E-state index in [1.807, 2.05) is 0 Å². The zero-order chi connectivity index (χ0) is 32.2. The fraction of sp³-hybridized carbons (Fsp3) is 0.179. The fourth-order valence-corrected chi connectivity index (χ4v) is 4.06. The van der Waals surface area contributed by atoms with Crippen LogP contribution in [0, 0.1) is 0 Å². The van der Waals surface area contributed by atoms with E-state index < -0.39 is 42.7 Å². The average Bonchev–Trinajstić information content (AvgIpc) is 3.08. The molecule has 4 aromatic heterocycles. The van der Waals surface area contributed by atoms with Gasteiger partial charge < -0.3 is 4.90 Å². The Labute approximate surface area is 222 Å². The molecule has 6 heterocycles. The van der Waals surface area contributed by atoms with Crippen LogP contribution < -0.4 is 15.7 Å². The van der Waals surface area contributed by atoms with Crippen molar-refractivity contribution in [2.75, 3.05) is 11.4 Å². The molecule has 1 fully saturated rings. The van der Waals surface area contributed by atoms with Crippen molar-refractivity contribution in [2.45, 2.75) is 23.8 Å². The summed E-state index contributed by atoms with van der Waals surface area (Å²) in [5.41, 5.74) is -0.372. The van der Waals surface area contributed by atoms with E-state index in [0.717, 1.165) is 4.90 Å². The first-order valence-corrected chi connectivity index (χ1v) is 11.2. The van der Waals surface area contributed by atoms with E-state index in [4.69, 9.17) is 6.89 Å². The lowest BCUT2D eigenvalue weighted by Gasteiger charge is -2.46. The Morgan fingerprint density at radius 3 is 2.22 bits per heavy atom. The molecule has 0 amide bonds. The maximum absolute atomic E-state index is 10.3. The van der Waals surface area contributed by atoms with Crippen LogP contribution >= 0.6 is 0 Å². The molecule has 2 aliphatic heterocycles. The van der Waals surface area contributed by atoms with Gasteiger partial charge in [-0.25, -0.2) is 4.98 Å². The van der Waals surface area contributed by atoms with Crippen molar-refractivity contribution in [3.63, 3.8) is 0 Å². The number of hydrogen-bond acceptors (Lipinski definition) is 8. The van der Waals surface area contributed by atoms with Gasteiger partial charge in [0.25, 0.3) is 0 Å². The minimum atomic E-state index is -3.15. The second kappa shape index (κ2) is 10.2. The first-order valence-electron chi connectivity index (χ1n) is 15.6. The molecular formula is C28H26N8. The highest BCUT2D eigenvalue weighted by molar-refractivity contribution is 6.06. The van der Waals surface area contributed by atoms with Gasteiger partial charge in [0.15, 0.2) is 0 Å². The van der Waals surface area contributed by atoms with Crippen LogP contribution in [0.2, 0.25) is 2.82 Å². The summed E-state index contributed by atoms with van der Waals surface area (Å²) in [4.78, 5) is 22.8. The Morgan fingerprint density at radius 1 is 0.861 bits per heavy atom. The molecule has 4 aromatic rings. The summed E-state index contributed by atoms with van der Waals surface area (Å²) in [6.45, 7) is -3.15. The van der Waals surface area contributed by atoms with E-state index in [0.29, 0.717) is 0 Å². The van der Waals surface area contributed by atoms with Crippen molar-refractivity contribution in [1.29, 1.82) is 0 Å². The molecule has 36 heavy (non-hydrogen) atoms. The second-order valence-electron chi connectivity index (χ2n) is 7.77. The van der Waals surface area contributed by atoms with Crippen molar-refractivity contribution in [3.8, 4) is 0 Å². The highest BCUT2D eigenvalue weighted by Gasteiger charge is 2.45. The fourth-order valence-electron chi connectivity index (χ4n) is 4.06. The summed E-state index contributed by atoms with van der Waals surface area (Å²) in [7, 11) is 0. The summed E-state index contributed by atoms with van der Waals surface area (Å²) in [5.74, 6) is -5.79. The Hall–Kier alpha value is -4.27. The van der Waals surface area contributed by atoms with E-state index >= 15 is 0 Å². The van der Waals surface area contributed by atoms with Crippen molar-refractivity contribution >= 4 is 11.5 Å². The van der Waals surface area contributed by atoms with E-state index in [1.165, 1.54) is 55.1 Å². The van der Waals surface area contributed by atoms with Gasteiger partial charge in [0, 0.05) is 72.3 Å². The smallest absolute Gasteiger partial charge is 0.142 e. The Kier molecular flexibility index (Phi) is 4.04. The van der Waals surface area contributed by atoms with Crippen LogP contribution in [0.1, 0.15) is 38.5 Å². The van der Waals surface area contributed by atoms with E-state index in [1.54, 1.807) is 42.5 Å². The molecule has 8 nitrogen and oxygen atoms in total. The van der Waals surface area contributed by atoms with Gasteiger partial charge >= 0.3 is 0 Å². The molecule has 2 N–H and O–H groups in total. The zero-order valence-corrected chi connectivity index (χ0v) is 18.9. The van der Waals surface area contributed by atoms with Gasteiger partial charge in [0.05, 0.1) is 27.6 Å². The van der Waals surface area contributed by atoms with Gasteiger partial charge in [-0.05, 0) is 48.5 Å². The number of aromatic nitrogens is 4. The predicted octanol–water partition coefficient (Wildman–Crippen LogP) is 3.46. The van der Waals surface area contributed by atoms with Crippen LogP contribution in [-0.4, -0.2) is 44.2 Å². The number of anilines is 1. The Morgan fingerprint density at radius 2 is 1.56 bits per heavy atom. The normalized spacial score (nSPS) is 36.6. The Balaban J connectivity index is 1.77. The quantitative estimate of drug-likeness (QED) is 0.449. The van der Waals surface area contributed by atoms with Crippen LogP contribution in [0.5, 0.6) is 0 Å². The molecule has 0 radical (unpaired) electrons. The van der Waals surface area contributed by atoms with Gasteiger partial charge in [-0.15, -0.1) is 0 Å². The van der Waals surface area contributed by atoms with Crippen LogP contribution in [0.3, 0.4) is 0 Å². The summed E-state index contributed by atoms with van der Waals surface area (Å²) in [5, 5.41) is 0. The van der Waals surface area contributed by atoms with Gasteiger partial charge in [-0.1, -0.05) is 24.3 Å². The number of nitrogens with zero attached hydrogens (tertiary/aromatic N) is 6. The van der Waals surface area contributed by atoms with Crippen molar-refractivity contribution in [2.24, 2.45) is 4.99 Å². The molecule has 178 valence electrons. The lowest BCUT2D eigenvalue weighted by Crippen LogP contribution is -2.64. The number of nitrogens with one attached hydrogen (secondary N) is 2. The topological polar surface area (TPSA) is 91.2 Å². The van der Waals surface area contributed by atoms with Crippen molar-refractivity contribution < 1.29 is 12.4 Å². The SMILES string of the molecule is [2H]C1=C([2H])N(c2ccccn2)C(C2([2H])N([2H])N([2H])C([2H])([2H])C([2H])(c3ccccn3)C2([2H])c2ccccn2)C(c2ccccn2)=N1. The molecule has 4 atom stereocenters. The molecule has 6 rings (SSSR count). The number of hydrogen-bond donors (Lipinski definition) is 2. The maximum Gasteiger partial charge on any atom is 0.142 e. The number of rotatable bonds is 5. The third-order valence-electron chi connectivity index (χ3n) is 5.61. The molecule has 0 aromatic carbocycles. The van der Waals surface area contributed by atoms with Gasteiger partial charge in [-0.2, -0.15) is 0 Å². The summed E-state index contributed by atoms with van der Waals surface area (Å²) >= 11 is 0. The lowest BCUT2D eigenvalue weighted by atomic mass is 9.75. The van der Waals surface area contributed by atoms with Crippen LogP contribution in [0.25, 0.3) is 0 Å². The lowest BCUT2D eigenvalue weighted by molar-refractivity contribution is 0.253. The first kappa shape index (κ1) is 14.3.